The maximum atomic E-state index is 12.1. The number of hydrogen-bond acceptors (Lipinski definition) is 2. The van der Waals surface area contributed by atoms with Crippen LogP contribution in [0.3, 0.4) is 0 Å². The molecule has 2 aromatic carbocycles. The Hall–Kier alpha value is -1.74. The molecule has 4 rings (SSSR count). The average molecular weight is 323 g/mol. The fraction of sp³-hybridized carbons (Fsp3) is 0.350. The highest BCUT2D eigenvalue weighted by Gasteiger charge is 2.25. The van der Waals surface area contributed by atoms with Crippen molar-refractivity contribution in [1.29, 1.82) is 0 Å². The Morgan fingerprint density at radius 1 is 1.09 bits per heavy atom. The summed E-state index contributed by atoms with van der Waals surface area (Å²) in [7, 11) is 0. The molecule has 2 aliphatic carbocycles. The third-order valence-electron chi connectivity index (χ3n) is 4.95. The van der Waals surface area contributed by atoms with Crippen LogP contribution in [0.1, 0.15) is 34.6 Å². The molecule has 0 bridgehead atoms. The number of thioether (sulfide) groups is 1. The van der Waals surface area contributed by atoms with Crippen LogP contribution >= 0.6 is 11.8 Å². The third kappa shape index (κ3) is 3.16. The molecule has 1 unspecified atom stereocenters. The normalized spacial score (nSPS) is 18.0. The zero-order valence-corrected chi connectivity index (χ0v) is 14.0. The number of amides is 1. The van der Waals surface area contributed by atoms with E-state index in [2.05, 4.69) is 47.8 Å². The first-order valence-electron chi connectivity index (χ1n) is 8.39. The Balaban J connectivity index is 1.25. The number of benzene rings is 2. The highest BCUT2D eigenvalue weighted by atomic mass is 32.2. The molecule has 1 amide bonds. The quantitative estimate of drug-likeness (QED) is 0.850. The van der Waals surface area contributed by atoms with Gasteiger partial charge in [-0.2, -0.15) is 0 Å². The van der Waals surface area contributed by atoms with Gasteiger partial charge in [-0.3, -0.25) is 4.79 Å². The fourth-order valence-electron chi connectivity index (χ4n) is 3.62. The fourth-order valence-corrected chi connectivity index (χ4v) is 4.41. The van der Waals surface area contributed by atoms with E-state index in [0.717, 1.165) is 13.0 Å². The van der Waals surface area contributed by atoms with E-state index in [0.29, 0.717) is 11.7 Å². The molecule has 23 heavy (non-hydrogen) atoms. The van der Waals surface area contributed by atoms with Crippen LogP contribution in [0.15, 0.2) is 47.4 Å². The number of nitrogens with one attached hydrogen (secondary N) is 1. The van der Waals surface area contributed by atoms with Crippen molar-refractivity contribution in [3.63, 3.8) is 0 Å². The summed E-state index contributed by atoms with van der Waals surface area (Å²) < 4.78 is 0. The smallest absolute Gasteiger partial charge is 0.230 e. The van der Waals surface area contributed by atoms with Crippen LogP contribution in [0.2, 0.25) is 0 Å². The molecular weight excluding hydrogens is 302 g/mol. The Morgan fingerprint density at radius 2 is 1.96 bits per heavy atom. The molecule has 0 heterocycles. The molecular formula is C20H21NOS. The van der Waals surface area contributed by atoms with E-state index in [9.17, 15) is 4.79 Å². The van der Waals surface area contributed by atoms with Gasteiger partial charge in [-0.1, -0.05) is 30.3 Å². The van der Waals surface area contributed by atoms with Gasteiger partial charge >= 0.3 is 0 Å². The Morgan fingerprint density at radius 3 is 2.87 bits per heavy atom. The summed E-state index contributed by atoms with van der Waals surface area (Å²) in [6.45, 7) is 0.764. The monoisotopic (exact) mass is 323 g/mol. The van der Waals surface area contributed by atoms with E-state index in [1.54, 1.807) is 11.8 Å². The molecule has 0 saturated heterocycles. The minimum absolute atomic E-state index is 0.139. The van der Waals surface area contributed by atoms with Crippen LogP contribution < -0.4 is 5.32 Å². The summed E-state index contributed by atoms with van der Waals surface area (Å²) in [4.78, 5) is 13.3. The van der Waals surface area contributed by atoms with E-state index >= 15 is 0 Å². The molecule has 3 heteroatoms. The zero-order chi connectivity index (χ0) is 15.6. The minimum atomic E-state index is 0.139. The van der Waals surface area contributed by atoms with Crippen LogP contribution in [-0.4, -0.2) is 18.2 Å². The number of fused-ring (bicyclic) bond motifs is 2. The van der Waals surface area contributed by atoms with E-state index in [4.69, 9.17) is 0 Å². The lowest BCUT2D eigenvalue weighted by atomic mass is 9.77. The second kappa shape index (κ2) is 6.40. The van der Waals surface area contributed by atoms with Gasteiger partial charge in [-0.25, -0.2) is 0 Å². The molecule has 0 aromatic heterocycles. The van der Waals surface area contributed by atoms with Gasteiger partial charge in [-0.15, -0.1) is 11.8 Å². The summed E-state index contributed by atoms with van der Waals surface area (Å²) in [6, 6.07) is 15.2. The second-order valence-electron chi connectivity index (χ2n) is 6.48. The molecule has 2 aromatic rings. The predicted octanol–water partition coefficient (Wildman–Crippen LogP) is 3.72. The van der Waals surface area contributed by atoms with Crippen LogP contribution in [0, 0.1) is 0 Å². The zero-order valence-electron chi connectivity index (χ0n) is 13.2. The first-order valence-corrected chi connectivity index (χ1v) is 9.37. The maximum Gasteiger partial charge on any atom is 0.230 e. The largest absolute Gasteiger partial charge is 0.355 e. The second-order valence-corrected chi connectivity index (χ2v) is 7.53. The van der Waals surface area contributed by atoms with Gasteiger partial charge in [0.05, 0.1) is 5.75 Å². The molecule has 0 saturated carbocycles. The highest BCUT2D eigenvalue weighted by Crippen LogP contribution is 2.34. The van der Waals surface area contributed by atoms with E-state index in [1.165, 1.54) is 46.4 Å². The summed E-state index contributed by atoms with van der Waals surface area (Å²) in [5.74, 6) is 1.15. The van der Waals surface area contributed by atoms with Gasteiger partial charge < -0.3 is 5.32 Å². The summed E-state index contributed by atoms with van der Waals surface area (Å²) in [6.07, 6.45) is 4.77. The molecule has 118 valence electrons. The first-order chi connectivity index (χ1) is 11.3. The Kier molecular flexibility index (Phi) is 4.13. The van der Waals surface area contributed by atoms with Gasteiger partial charge in [0.25, 0.3) is 0 Å². The molecule has 2 aliphatic rings. The lowest BCUT2D eigenvalue weighted by molar-refractivity contribution is -0.118. The Bertz CT molecular complexity index is 740. The van der Waals surface area contributed by atoms with Crippen LogP contribution in [0.5, 0.6) is 0 Å². The summed E-state index contributed by atoms with van der Waals surface area (Å²) >= 11 is 1.65. The molecule has 0 fully saturated rings. The average Bonchev–Trinajstić information content (AvgIpc) is 3.01. The molecule has 1 N–H and O–H groups in total. The van der Waals surface area contributed by atoms with E-state index in [1.807, 2.05) is 0 Å². The molecule has 0 radical (unpaired) electrons. The van der Waals surface area contributed by atoms with Gasteiger partial charge in [0.15, 0.2) is 0 Å². The van der Waals surface area contributed by atoms with Crippen molar-refractivity contribution >= 4 is 17.7 Å². The van der Waals surface area contributed by atoms with Crippen molar-refractivity contribution < 1.29 is 4.79 Å². The van der Waals surface area contributed by atoms with Gasteiger partial charge in [0, 0.05) is 17.4 Å². The third-order valence-corrected chi connectivity index (χ3v) is 5.94. The molecule has 1 atom stereocenters. The number of rotatable bonds is 5. The van der Waals surface area contributed by atoms with Gasteiger partial charge in [-0.05, 0) is 60.1 Å². The Labute approximate surface area is 141 Å². The standard InChI is InChI=1S/C20H21NOS/c22-20(21-12-17-10-16-4-1-2-7-19(16)17)13-23-18-9-8-14-5-3-6-15(14)11-18/h1-2,4,7-9,11,17H,3,5-6,10,12-13H2,(H,21,22). The number of hydrogen-bond donors (Lipinski definition) is 1. The maximum absolute atomic E-state index is 12.1. The van der Waals surface area contributed by atoms with Crippen molar-refractivity contribution in [3.05, 3.63) is 64.7 Å². The van der Waals surface area contributed by atoms with E-state index in [-0.39, 0.29) is 5.91 Å². The molecule has 0 aliphatic heterocycles. The van der Waals surface area contributed by atoms with Crippen LogP contribution in [0.25, 0.3) is 0 Å². The van der Waals surface area contributed by atoms with Crippen molar-refractivity contribution in [2.75, 3.05) is 12.3 Å². The van der Waals surface area contributed by atoms with Crippen molar-refractivity contribution in [3.8, 4) is 0 Å². The molecule has 2 nitrogen and oxygen atoms in total. The van der Waals surface area contributed by atoms with Crippen molar-refractivity contribution in [1.82, 2.24) is 5.32 Å². The van der Waals surface area contributed by atoms with Crippen molar-refractivity contribution in [2.24, 2.45) is 0 Å². The molecule has 0 spiro atoms. The van der Waals surface area contributed by atoms with Crippen molar-refractivity contribution in [2.45, 2.75) is 36.5 Å². The number of carbonyl (C=O) groups excluding carboxylic acids is 1. The van der Waals surface area contributed by atoms with Gasteiger partial charge in [0.2, 0.25) is 5.91 Å². The van der Waals surface area contributed by atoms with Gasteiger partial charge in [0.1, 0.15) is 0 Å². The van der Waals surface area contributed by atoms with Crippen LogP contribution in [-0.2, 0) is 24.1 Å². The minimum Gasteiger partial charge on any atom is -0.355 e. The highest BCUT2D eigenvalue weighted by molar-refractivity contribution is 8.00. The number of carbonyl (C=O) groups is 1. The topological polar surface area (TPSA) is 29.1 Å². The lowest BCUT2D eigenvalue weighted by Crippen LogP contribution is -2.34. The summed E-state index contributed by atoms with van der Waals surface area (Å²) in [5.41, 5.74) is 5.79. The number of aryl methyl sites for hydroxylation is 2. The van der Waals surface area contributed by atoms with E-state index < -0.39 is 0 Å². The summed E-state index contributed by atoms with van der Waals surface area (Å²) in [5, 5.41) is 3.09. The SMILES string of the molecule is O=C(CSc1ccc2c(c1)CCC2)NCC1Cc2ccccc21. The predicted molar refractivity (Wildman–Crippen MR) is 95.1 cm³/mol. The lowest BCUT2D eigenvalue weighted by Gasteiger charge is -2.30. The first kappa shape index (κ1) is 14.8. The van der Waals surface area contributed by atoms with Crippen LogP contribution in [0.4, 0.5) is 0 Å².